The molecule has 1 saturated carbocycles. The van der Waals surface area contributed by atoms with Crippen molar-refractivity contribution in [1.82, 2.24) is 34.4 Å². The molecule has 1 spiro atoms. The summed E-state index contributed by atoms with van der Waals surface area (Å²) in [5.41, 5.74) is -0.0625. The molecule has 1 aromatic carbocycles. The van der Waals surface area contributed by atoms with Crippen molar-refractivity contribution in [2.45, 2.75) is 50.3 Å². The zero-order chi connectivity index (χ0) is 25.6. The van der Waals surface area contributed by atoms with Crippen molar-refractivity contribution in [2.24, 2.45) is 12.5 Å². The molecule has 10 nitrogen and oxygen atoms in total. The average Bonchev–Trinajstić information content (AvgIpc) is 3.56. The van der Waals surface area contributed by atoms with Gasteiger partial charge in [0.25, 0.3) is 5.56 Å². The van der Waals surface area contributed by atoms with Gasteiger partial charge < -0.3 is 20.2 Å². The standard InChI is InChI=1S/C27H35N7O3/c1-31-23-21(15-30-31)24(35)33(19-29-23)18-27(37)11-13-32(17-26(27)9-5-6-10-26)25(36)34-14-12-28-16-22(34)20-7-3-2-4-8-20/h2-4,7-8,15,19,22,28,37H,5-6,9-14,16-18H2,1H3/t22-,27?/m0/s1. The number of likely N-dealkylation sites (tertiary alicyclic amines) is 1. The van der Waals surface area contributed by atoms with Crippen LogP contribution in [0.4, 0.5) is 4.79 Å². The maximum atomic E-state index is 13.9. The lowest BCUT2D eigenvalue weighted by atomic mass is 9.66. The minimum atomic E-state index is -1.09. The highest BCUT2D eigenvalue weighted by atomic mass is 16.3. The van der Waals surface area contributed by atoms with Crippen LogP contribution in [0.15, 0.2) is 47.7 Å². The van der Waals surface area contributed by atoms with E-state index in [9.17, 15) is 14.7 Å². The van der Waals surface area contributed by atoms with Crippen LogP contribution >= 0.6 is 0 Å². The Hall–Kier alpha value is -3.24. The summed E-state index contributed by atoms with van der Waals surface area (Å²) in [7, 11) is 1.76. The lowest BCUT2D eigenvalue weighted by molar-refractivity contribution is -0.136. The van der Waals surface area contributed by atoms with Gasteiger partial charge in [0.2, 0.25) is 0 Å². The monoisotopic (exact) mass is 505 g/mol. The SMILES string of the molecule is Cn1ncc2c(=O)n(CC3(O)CCN(C(=O)N4CCNC[C@H]4c4ccccc4)CC34CCCC4)cnc21. The van der Waals surface area contributed by atoms with Gasteiger partial charge in [-0.1, -0.05) is 43.2 Å². The van der Waals surface area contributed by atoms with E-state index in [1.807, 2.05) is 28.0 Å². The summed E-state index contributed by atoms with van der Waals surface area (Å²) >= 11 is 0. The van der Waals surface area contributed by atoms with E-state index >= 15 is 0 Å². The van der Waals surface area contributed by atoms with Crippen LogP contribution in [-0.2, 0) is 13.6 Å². The van der Waals surface area contributed by atoms with Crippen LogP contribution in [0.1, 0.15) is 43.7 Å². The Labute approximate surface area is 215 Å². The van der Waals surface area contributed by atoms with Crippen molar-refractivity contribution in [1.29, 1.82) is 0 Å². The number of carbonyl (C=O) groups excluding carboxylic acids is 1. The zero-order valence-electron chi connectivity index (χ0n) is 21.3. The Morgan fingerprint density at radius 1 is 1.16 bits per heavy atom. The number of nitrogens with one attached hydrogen (secondary N) is 1. The predicted octanol–water partition coefficient (Wildman–Crippen LogP) is 1.89. The van der Waals surface area contributed by atoms with Gasteiger partial charge in [0.05, 0.1) is 24.4 Å². The first-order valence-electron chi connectivity index (χ1n) is 13.3. The van der Waals surface area contributed by atoms with E-state index in [2.05, 4.69) is 27.5 Å². The Bertz CT molecular complexity index is 1350. The Balaban J connectivity index is 1.26. The lowest BCUT2D eigenvalue weighted by Crippen LogP contribution is -2.64. The van der Waals surface area contributed by atoms with Gasteiger partial charge >= 0.3 is 6.03 Å². The van der Waals surface area contributed by atoms with E-state index in [4.69, 9.17) is 0 Å². The summed E-state index contributed by atoms with van der Waals surface area (Å²) in [4.78, 5) is 35.5. The molecule has 6 rings (SSSR count). The second-order valence-corrected chi connectivity index (χ2v) is 11.0. The van der Waals surface area contributed by atoms with Crippen LogP contribution in [0.25, 0.3) is 11.0 Å². The van der Waals surface area contributed by atoms with Crippen LogP contribution in [0.2, 0.25) is 0 Å². The number of rotatable bonds is 3. The zero-order valence-corrected chi connectivity index (χ0v) is 21.3. The number of hydrogen-bond donors (Lipinski definition) is 2. The fourth-order valence-corrected chi connectivity index (χ4v) is 6.81. The summed E-state index contributed by atoms with van der Waals surface area (Å²) in [5, 5.41) is 20.2. The quantitative estimate of drug-likeness (QED) is 0.563. The van der Waals surface area contributed by atoms with Crippen LogP contribution in [0.5, 0.6) is 0 Å². The molecule has 0 bridgehead atoms. The number of piperidine rings is 1. The molecular formula is C27H35N7O3. The number of aliphatic hydroxyl groups is 1. The van der Waals surface area contributed by atoms with Crippen LogP contribution in [0.3, 0.4) is 0 Å². The number of urea groups is 1. The molecule has 10 heteroatoms. The number of hydrogen-bond acceptors (Lipinski definition) is 6. The maximum absolute atomic E-state index is 13.9. The molecule has 2 aliphatic heterocycles. The molecule has 3 aliphatic rings. The van der Waals surface area contributed by atoms with Gasteiger partial charge in [-0.05, 0) is 24.8 Å². The van der Waals surface area contributed by atoms with Crippen molar-refractivity contribution in [3.63, 3.8) is 0 Å². The minimum absolute atomic E-state index is 0.0151. The normalized spacial score (nSPS) is 25.7. The smallest absolute Gasteiger partial charge is 0.320 e. The number of aromatic nitrogens is 4. The highest BCUT2D eigenvalue weighted by Gasteiger charge is 2.56. The molecule has 4 heterocycles. The molecule has 2 aromatic heterocycles. The number of piperazine rings is 1. The van der Waals surface area contributed by atoms with E-state index in [0.29, 0.717) is 37.1 Å². The van der Waals surface area contributed by atoms with Gasteiger partial charge in [-0.15, -0.1) is 0 Å². The van der Waals surface area contributed by atoms with Crippen molar-refractivity contribution < 1.29 is 9.90 Å². The van der Waals surface area contributed by atoms with Gasteiger partial charge in [0.15, 0.2) is 5.65 Å². The molecule has 3 fully saturated rings. The molecule has 37 heavy (non-hydrogen) atoms. The Morgan fingerprint density at radius 2 is 1.95 bits per heavy atom. The van der Waals surface area contributed by atoms with Crippen molar-refractivity contribution in [3.8, 4) is 0 Å². The number of carbonyl (C=O) groups is 1. The number of aryl methyl sites for hydroxylation is 1. The molecule has 1 unspecified atom stereocenters. The number of amides is 2. The van der Waals surface area contributed by atoms with Crippen LogP contribution in [0, 0.1) is 5.41 Å². The van der Waals surface area contributed by atoms with Crippen molar-refractivity contribution in [3.05, 3.63) is 58.8 Å². The van der Waals surface area contributed by atoms with E-state index in [1.165, 1.54) is 17.1 Å². The highest BCUT2D eigenvalue weighted by Crippen LogP contribution is 2.51. The van der Waals surface area contributed by atoms with Crippen LogP contribution in [-0.4, -0.2) is 78.6 Å². The molecule has 196 valence electrons. The van der Waals surface area contributed by atoms with Crippen molar-refractivity contribution in [2.75, 3.05) is 32.7 Å². The molecular weight excluding hydrogens is 470 g/mol. The third-order valence-electron chi connectivity index (χ3n) is 8.93. The summed E-state index contributed by atoms with van der Waals surface area (Å²) in [6.07, 6.45) is 7.20. The molecule has 2 atom stereocenters. The largest absolute Gasteiger partial charge is 0.387 e. The van der Waals surface area contributed by atoms with E-state index < -0.39 is 11.0 Å². The second kappa shape index (κ2) is 9.25. The Morgan fingerprint density at radius 3 is 2.73 bits per heavy atom. The molecule has 0 radical (unpaired) electrons. The first kappa shape index (κ1) is 24.1. The third kappa shape index (κ3) is 4.02. The number of fused-ring (bicyclic) bond motifs is 1. The first-order valence-corrected chi connectivity index (χ1v) is 13.3. The molecule has 3 aromatic rings. The summed E-state index contributed by atoms with van der Waals surface area (Å²) in [5.74, 6) is 0. The third-order valence-corrected chi connectivity index (χ3v) is 8.93. The summed E-state index contributed by atoms with van der Waals surface area (Å²) in [6.45, 7) is 3.28. The predicted molar refractivity (Wildman–Crippen MR) is 139 cm³/mol. The van der Waals surface area contributed by atoms with Crippen LogP contribution < -0.4 is 10.9 Å². The van der Waals surface area contributed by atoms with E-state index in [1.54, 1.807) is 11.7 Å². The van der Waals surface area contributed by atoms with Gasteiger partial charge in [-0.2, -0.15) is 5.10 Å². The average molecular weight is 506 g/mol. The van der Waals surface area contributed by atoms with Gasteiger partial charge in [0, 0.05) is 45.2 Å². The van der Waals surface area contributed by atoms with Gasteiger partial charge in [-0.3, -0.25) is 14.0 Å². The molecule has 2 amide bonds. The fourth-order valence-electron chi connectivity index (χ4n) is 6.81. The maximum Gasteiger partial charge on any atom is 0.320 e. The van der Waals surface area contributed by atoms with Crippen molar-refractivity contribution >= 4 is 17.1 Å². The van der Waals surface area contributed by atoms with Gasteiger partial charge in [-0.25, -0.2) is 9.78 Å². The first-order chi connectivity index (χ1) is 17.9. The summed E-state index contributed by atoms with van der Waals surface area (Å²) in [6, 6.07) is 10.2. The minimum Gasteiger partial charge on any atom is -0.387 e. The summed E-state index contributed by atoms with van der Waals surface area (Å²) < 4.78 is 3.11. The molecule has 1 aliphatic carbocycles. The second-order valence-electron chi connectivity index (χ2n) is 11.0. The number of nitrogens with zero attached hydrogens (tertiary/aromatic N) is 6. The fraction of sp³-hybridized carbons (Fsp3) is 0.556. The van der Waals surface area contributed by atoms with E-state index in [-0.39, 0.29) is 24.2 Å². The number of benzene rings is 1. The van der Waals surface area contributed by atoms with E-state index in [0.717, 1.165) is 44.3 Å². The lowest BCUT2D eigenvalue weighted by Gasteiger charge is -2.53. The highest BCUT2D eigenvalue weighted by molar-refractivity contribution is 5.75. The Kier molecular flexibility index (Phi) is 6.03. The van der Waals surface area contributed by atoms with Gasteiger partial charge in [0.1, 0.15) is 11.7 Å². The molecule has 2 N–H and O–H groups in total. The topological polar surface area (TPSA) is 109 Å². The molecule has 2 saturated heterocycles.